The average molecular weight is 151 g/mol. The van der Waals surface area contributed by atoms with Crippen molar-refractivity contribution in [3.8, 4) is 0 Å². The Bertz CT molecular complexity index is 360. The molecule has 1 aromatic carbocycles. The van der Waals surface area contributed by atoms with E-state index < -0.39 is 0 Å². The molecule has 0 aliphatic rings. The molecule has 1 heterocycles. The van der Waals surface area contributed by atoms with Crippen molar-refractivity contribution in [2.45, 2.75) is 0 Å². The number of aromatic nitrogens is 3. The van der Waals surface area contributed by atoms with Crippen LogP contribution in [0.3, 0.4) is 0 Å². The SMILES string of the molecule is [O-][n+]1[nH][n+]([O-])c2ccccc21. The molecule has 0 atom stereocenters. The van der Waals surface area contributed by atoms with Gasteiger partial charge in [0.2, 0.25) is 0 Å². The van der Waals surface area contributed by atoms with Gasteiger partial charge in [0.1, 0.15) is 0 Å². The normalized spacial score (nSPS) is 10.5. The Morgan fingerprint density at radius 2 is 1.45 bits per heavy atom. The average Bonchev–Trinajstić information content (AvgIpc) is 2.30. The van der Waals surface area contributed by atoms with E-state index >= 15 is 0 Å². The van der Waals surface area contributed by atoms with Gasteiger partial charge in [-0.25, -0.2) is 0 Å². The predicted molar refractivity (Wildman–Crippen MR) is 36.2 cm³/mol. The number of benzene rings is 1. The molecule has 0 aliphatic carbocycles. The smallest absolute Gasteiger partial charge is 0.322 e. The van der Waals surface area contributed by atoms with Crippen molar-refractivity contribution < 1.29 is 9.69 Å². The Balaban J connectivity index is 2.95. The van der Waals surface area contributed by atoms with Crippen molar-refractivity contribution in [2.75, 3.05) is 0 Å². The fourth-order valence-corrected chi connectivity index (χ4v) is 0.998. The molecule has 0 aliphatic heterocycles. The molecule has 5 nitrogen and oxygen atoms in total. The van der Waals surface area contributed by atoms with Crippen LogP contribution in [0.2, 0.25) is 0 Å². The van der Waals surface area contributed by atoms with Gasteiger partial charge < -0.3 is 10.4 Å². The summed E-state index contributed by atoms with van der Waals surface area (Å²) in [7, 11) is 0. The molecule has 5 heteroatoms. The van der Waals surface area contributed by atoms with Gasteiger partial charge >= 0.3 is 11.0 Å². The zero-order valence-electron chi connectivity index (χ0n) is 5.52. The Labute approximate surface area is 61.6 Å². The lowest BCUT2D eigenvalue weighted by atomic mass is 10.3. The molecule has 0 radical (unpaired) electrons. The molecule has 0 amide bonds. The fourth-order valence-electron chi connectivity index (χ4n) is 0.998. The minimum Gasteiger partial charge on any atom is -0.592 e. The molecule has 1 aromatic heterocycles. The number of para-hydroxylation sites is 2. The number of H-pyrrole nitrogens is 1. The monoisotopic (exact) mass is 151 g/mol. The first-order valence-electron chi connectivity index (χ1n) is 3.09. The minimum absolute atomic E-state index is 0.350. The topological polar surface area (TPSA) is 69.7 Å². The van der Waals surface area contributed by atoms with E-state index in [-0.39, 0.29) is 0 Å². The van der Waals surface area contributed by atoms with Crippen LogP contribution in [0.1, 0.15) is 0 Å². The highest BCUT2D eigenvalue weighted by Crippen LogP contribution is 2.00. The summed E-state index contributed by atoms with van der Waals surface area (Å²) in [4.78, 5) is 0.866. The molecule has 56 valence electrons. The molecule has 1 N–H and O–H groups in total. The lowest BCUT2D eigenvalue weighted by Crippen LogP contribution is -2.39. The summed E-state index contributed by atoms with van der Waals surface area (Å²) in [5.74, 6) is 0. The largest absolute Gasteiger partial charge is 0.592 e. The second-order valence-electron chi connectivity index (χ2n) is 2.18. The molecular formula is C6H5N3O2. The number of nitrogens with zero attached hydrogens (tertiary/aromatic N) is 2. The van der Waals surface area contributed by atoms with Crippen LogP contribution in [-0.4, -0.2) is 5.21 Å². The standard InChI is InChI=1S/C6H5N3O2/c10-8-5-3-1-2-4-6(5)9(11)7-8/h1-4,7H. The molecular weight excluding hydrogens is 146 g/mol. The van der Waals surface area contributed by atoms with Crippen LogP contribution >= 0.6 is 0 Å². The third-order valence-electron chi connectivity index (χ3n) is 1.50. The van der Waals surface area contributed by atoms with Crippen LogP contribution in [0.5, 0.6) is 0 Å². The van der Waals surface area contributed by atoms with Crippen molar-refractivity contribution in [3.05, 3.63) is 34.7 Å². The molecule has 0 saturated heterocycles. The third-order valence-corrected chi connectivity index (χ3v) is 1.50. The van der Waals surface area contributed by atoms with Crippen LogP contribution in [-0.2, 0) is 0 Å². The maximum Gasteiger partial charge on any atom is 0.322 e. The fraction of sp³-hybridized carbons (Fsp3) is 0. The van der Waals surface area contributed by atoms with E-state index in [1.54, 1.807) is 24.3 Å². The van der Waals surface area contributed by atoms with E-state index in [2.05, 4.69) is 0 Å². The van der Waals surface area contributed by atoms with E-state index in [4.69, 9.17) is 0 Å². The van der Waals surface area contributed by atoms with Gasteiger partial charge in [-0.15, -0.1) is 0 Å². The summed E-state index contributed by atoms with van der Waals surface area (Å²) >= 11 is 0. The number of hydrogen-bond acceptors (Lipinski definition) is 2. The first-order chi connectivity index (χ1) is 5.29. The minimum atomic E-state index is 0.350. The first kappa shape index (κ1) is 5.96. The summed E-state index contributed by atoms with van der Waals surface area (Å²) in [6, 6.07) is 6.55. The zero-order valence-corrected chi connectivity index (χ0v) is 5.52. The van der Waals surface area contributed by atoms with Gasteiger partial charge in [-0.2, -0.15) is 0 Å². The Morgan fingerprint density at radius 3 is 1.91 bits per heavy atom. The quantitative estimate of drug-likeness (QED) is 0.404. The van der Waals surface area contributed by atoms with Gasteiger partial charge in [-0.05, 0) is 9.69 Å². The van der Waals surface area contributed by atoms with Gasteiger partial charge in [0.25, 0.3) is 0 Å². The van der Waals surface area contributed by atoms with Gasteiger partial charge in [-0.3, -0.25) is 0 Å². The highest BCUT2D eigenvalue weighted by atomic mass is 16.5. The third kappa shape index (κ3) is 0.706. The second-order valence-corrected chi connectivity index (χ2v) is 2.18. The summed E-state index contributed by atoms with van der Waals surface area (Å²) in [5.41, 5.74) is 0.699. The maximum atomic E-state index is 10.8. The van der Waals surface area contributed by atoms with Crippen LogP contribution < -0.4 is 9.69 Å². The highest BCUT2D eigenvalue weighted by Gasteiger charge is 2.14. The van der Waals surface area contributed by atoms with E-state index in [1.165, 1.54) is 0 Å². The van der Waals surface area contributed by atoms with E-state index in [0.717, 1.165) is 0 Å². The molecule has 0 fully saturated rings. The number of aromatic amines is 1. The molecule has 0 bridgehead atoms. The van der Waals surface area contributed by atoms with Gasteiger partial charge in [-0.1, -0.05) is 12.1 Å². The lowest BCUT2D eigenvalue weighted by molar-refractivity contribution is -0.799. The van der Waals surface area contributed by atoms with Crippen molar-refractivity contribution in [1.29, 1.82) is 0 Å². The summed E-state index contributed by atoms with van der Waals surface area (Å²) in [6.45, 7) is 0. The van der Waals surface area contributed by atoms with E-state index in [0.29, 0.717) is 20.7 Å². The number of rotatable bonds is 0. The molecule has 11 heavy (non-hydrogen) atoms. The number of nitrogens with one attached hydrogen (secondary N) is 1. The lowest BCUT2D eigenvalue weighted by Gasteiger charge is -1.81. The molecule has 0 spiro atoms. The Kier molecular flexibility index (Phi) is 1.00. The van der Waals surface area contributed by atoms with Crippen LogP contribution in [0.15, 0.2) is 24.3 Å². The van der Waals surface area contributed by atoms with Crippen molar-refractivity contribution >= 4 is 11.0 Å². The van der Waals surface area contributed by atoms with E-state index in [1.807, 2.05) is 5.21 Å². The molecule has 0 unspecified atom stereocenters. The summed E-state index contributed by atoms with van der Waals surface area (Å²) < 4.78 is 0. The number of fused-ring (bicyclic) bond motifs is 1. The first-order valence-corrected chi connectivity index (χ1v) is 3.09. The summed E-state index contributed by atoms with van der Waals surface area (Å²) in [5, 5.41) is 23.7. The zero-order chi connectivity index (χ0) is 7.84. The van der Waals surface area contributed by atoms with Crippen molar-refractivity contribution in [2.24, 2.45) is 0 Å². The maximum absolute atomic E-state index is 10.8. The predicted octanol–water partition coefficient (Wildman–Crippen LogP) is -0.565. The van der Waals surface area contributed by atoms with E-state index in [9.17, 15) is 10.4 Å². The highest BCUT2D eigenvalue weighted by molar-refractivity contribution is 5.66. The summed E-state index contributed by atoms with van der Waals surface area (Å²) in [6.07, 6.45) is 0. The molecule has 0 saturated carbocycles. The Morgan fingerprint density at radius 1 is 1.00 bits per heavy atom. The van der Waals surface area contributed by atoms with Crippen molar-refractivity contribution in [3.63, 3.8) is 0 Å². The van der Waals surface area contributed by atoms with Crippen LogP contribution in [0.25, 0.3) is 11.0 Å². The van der Waals surface area contributed by atoms with Gasteiger partial charge in [0.15, 0.2) is 0 Å². The molecule has 2 aromatic rings. The second kappa shape index (κ2) is 1.85. The van der Waals surface area contributed by atoms with Gasteiger partial charge in [0.05, 0.1) is 5.21 Å². The van der Waals surface area contributed by atoms with Crippen LogP contribution in [0, 0.1) is 10.4 Å². The molecule has 2 rings (SSSR count). The van der Waals surface area contributed by atoms with Gasteiger partial charge in [0, 0.05) is 12.1 Å². The number of hydrogen-bond donors (Lipinski definition) is 1. The Hall–Kier alpha value is -1.78. The van der Waals surface area contributed by atoms with Crippen molar-refractivity contribution in [1.82, 2.24) is 5.21 Å². The van der Waals surface area contributed by atoms with Crippen LogP contribution in [0.4, 0.5) is 0 Å².